The van der Waals surface area contributed by atoms with Gasteiger partial charge in [0, 0.05) is 19.8 Å². The molecule has 2 atom stereocenters. The zero-order chi connectivity index (χ0) is 15.8. The van der Waals surface area contributed by atoms with Gasteiger partial charge in [0.05, 0.1) is 0 Å². The molecule has 2 aromatic carbocycles. The van der Waals surface area contributed by atoms with E-state index < -0.39 is 17.7 Å². The minimum absolute atomic E-state index is 0.402. The first-order valence-electron chi connectivity index (χ1n) is 6.93. The number of hydrogen-bond donors (Lipinski definition) is 2. The van der Waals surface area contributed by atoms with E-state index in [2.05, 4.69) is 0 Å². The summed E-state index contributed by atoms with van der Waals surface area (Å²) in [5, 5.41) is 22.2. The van der Waals surface area contributed by atoms with E-state index in [1.54, 1.807) is 48.5 Å². The lowest BCUT2D eigenvalue weighted by molar-refractivity contribution is -0.424. The molecule has 1 aliphatic rings. The summed E-state index contributed by atoms with van der Waals surface area (Å²) in [6.45, 7) is 0. The van der Waals surface area contributed by atoms with Crippen LogP contribution >= 0.6 is 0 Å². The van der Waals surface area contributed by atoms with Gasteiger partial charge in [0.15, 0.2) is 0 Å². The largest absolute Gasteiger partial charge is 0.436 e. The molecule has 22 heavy (non-hydrogen) atoms. The van der Waals surface area contributed by atoms with Gasteiger partial charge in [-0.15, -0.1) is 0 Å². The van der Waals surface area contributed by atoms with Crippen molar-refractivity contribution in [1.82, 2.24) is 0 Å². The smallest absolute Gasteiger partial charge is 0.364 e. The predicted molar refractivity (Wildman–Crippen MR) is 79.1 cm³/mol. The number of aliphatic hydroxyl groups excluding tert-OH is 1. The molecular formula is C17H18O5. The van der Waals surface area contributed by atoms with Gasteiger partial charge in [0.2, 0.25) is 5.60 Å². The van der Waals surface area contributed by atoms with Crippen molar-refractivity contribution in [3.05, 3.63) is 65.7 Å². The lowest BCUT2D eigenvalue weighted by atomic mass is 9.80. The van der Waals surface area contributed by atoms with Crippen molar-refractivity contribution in [2.75, 3.05) is 14.2 Å². The first kappa shape index (κ1) is 15.0. The zero-order valence-corrected chi connectivity index (χ0v) is 12.4. The third-order valence-electron chi connectivity index (χ3n) is 4.07. The Morgan fingerprint density at radius 2 is 1.55 bits per heavy atom. The molecule has 116 valence electrons. The summed E-state index contributed by atoms with van der Waals surface area (Å²) in [5.41, 5.74) is -1.02. The molecule has 0 fully saturated rings. The Balaban J connectivity index is 2.25. The van der Waals surface area contributed by atoms with Crippen LogP contribution in [0.2, 0.25) is 0 Å². The molecule has 1 heterocycles. The van der Waals surface area contributed by atoms with E-state index in [1.165, 1.54) is 14.2 Å². The molecule has 0 bridgehead atoms. The second-order valence-corrected chi connectivity index (χ2v) is 5.14. The summed E-state index contributed by atoms with van der Waals surface area (Å²) in [6.07, 6.45) is -1.28. The molecule has 0 saturated carbocycles. The fourth-order valence-electron chi connectivity index (χ4n) is 2.92. The average molecular weight is 302 g/mol. The van der Waals surface area contributed by atoms with E-state index in [-0.39, 0.29) is 0 Å². The van der Waals surface area contributed by atoms with E-state index in [9.17, 15) is 10.2 Å². The fourth-order valence-corrected chi connectivity index (χ4v) is 2.92. The Hall–Kier alpha value is -1.92. The van der Waals surface area contributed by atoms with Gasteiger partial charge in [-0.1, -0.05) is 48.5 Å². The molecule has 0 aromatic heterocycles. The number of fused-ring (bicyclic) bond motifs is 1. The SMILES string of the molecule is COC1(OC)Oc2ccccc2C(O)C1(O)c1ccccc1. The van der Waals surface area contributed by atoms with Crippen LogP contribution in [0.5, 0.6) is 5.75 Å². The molecule has 0 amide bonds. The number of para-hydroxylation sites is 1. The van der Waals surface area contributed by atoms with Gasteiger partial charge in [0.25, 0.3) is 0 Å². The number of ether oxygens (including phenoxy) is 3. The van der Waals surface area contributed by atoms with Gasteiger partial charge in [-0.3, -0.25) is 0 Å². The van der Waals surface area contributed by atoms with Gasteiger partial charge in [-0.2, -0.15) is 0 Å². The Labute approximate surface area is 128 Å². The summed E-state index contributed by atoms with van der Waals surface area (Å²) >= 11 is 0. The lowest BCUT2D eigenvalue weighted by Crippen LogP contribution is -2.63. The fraction of sp³-hybridized carbons (Fsp3) is 0.294. The number of rotatable bonds is 3. The maximum Gasteiger partial charge on any atom is 0.364 e. The molecule has 0 aliphatic carbocycles. The number of benzene rings is 2. The van der Waals surface area contributed by atoms with Crippen LogP contribution in [-0.4, -0.2) is 30.4 Å². The summed E-state index contributed by atoms with van der Waals surface area (Å²) in [6, 6.07) is 15.6. The summed E-state index contributed by atoms with van der Waals surface area (Å²) in [4.78, 5) is 0. The average Bonchev–Trinajstić information content (AvgIpc) is 2.59. The molecule has 2 N–H and O–H groups in total. The Kier molecular flexibility index (Phi) is 3.66. The highest BCUT2D eigenvalue weighted by Gasteiger charge is 2.64. The van der Waals surface area contributed by atoms with Crippen molar-refractivity contribution in [1.29, 1.82) is 0 Å². The Morgan fingerprint density at radius 1 is 0.955 bits per heavy atom. The second kappa shape index (κ2) is 5.37. The normalized spacial score (nSPS) is 26.1. The topological polar surface area (TPSA) is 68.2 Å². The van der Waals surface area contributed by atoms with Crippen molar-refractivity contribution in [2.45, 2.75) is 17.7 Å². The molecule has 2 aromatic rings. The first-order chi connectivity index (χ1) is 10.6. The van der Waals surface area contributed by atoms with Crippen molar-refractivity contribution < 1.29 is 24.4 Å². The molecular weight excluding hydrogens is 284 g/mol. The van der Waals surface area contributed by atoms with Crippen molar-refractivity contribution in [3.63, 3.8) is 0 Å². The van der Waals surface area contributed by atoms with E-state index in [4.69, 9.17) is 14.2 Å². The van der Waals surface area contributed by atoms with Crippen molar-refractivity contribution >= 4 is 0 Å². The van der Waals surface area contributed by atoms with Crippen LogP contribution in [0.3, 0.4) is 0 Å². The molecule has 0 radical (unpaired) electrons. The van der Waals surface area contributed by atoms with Crippen molar-refractivity contribution in [3.8, 4) is 5.75 Å². The summed E-state index contributed by atoms with van der Waals surface area (Å²) in [5.74, 6) is -1.46. The van der Waals surface area contributed by atoms with Gasteiger partial charge < -0.3 is 24.4 Å². The van der Waals surface area contributed by atoms with E-state index >= 15 is 0 Å². The van der Waals surface area contributed by atoms with Gasteiger partial charge in [0.1, 0.15) is 11.9 Å². The van der Waals surface area contributed by atoms with Crippen LogP contribution in [-0.2, 0) is 15.1 Å². The van der Waals surface area contributed by atoms with Crippen LogP contribution in [0.1, 0.15) is 17.2 Å². The highest BCUT2D eigenvalue weighted by Crippen LogP contribution is 2.52. The third-order valence-corrected chi connectivity index (χ3v) is 4.07. The third kappa shape index (κ3) is 1.87. The number of aliphatic hydroxyl groups is 2. The minimum atomic E-state index is -1.92. The summed E-state index contributed by atoms with van der Waals surface area (Å²) in [7, 11) is 2.72. The highest BCUT2D eigenvalue weighted by atomic mass is 16.9. The lowest BCUT2D eigenvalue weighted by Gasteiger charge is -2.49. The van der Waals surface area contributed by atoms with Crippen LogP contribution in [0.15, 0.2) is 54.6 Å². The van der Waals surface area contributed by atoms with Crippen LogP contribution in [0.25, 0.3) is 0 Å². The van der Waals surface area contributed by atoms with Crippen LogP contribution in [0.4, 0.5) is 0 Å². The molecule has 1 aliphatic heterocycles. The highest BCUT2D eigenvalue weighted by molar-refractivity contribution is 5.43. The monoisotopic (exact) mass is 302 g/mol. The molecule has 5 heteroatoms. The van der Waals surface area contributed by atoms with Gasteiger partial charge >= 0.3 is 5.97 Å². The maximum absolute atomic E-state index is 11.3. The van der Waals surface area contributed by atoms with E-state index in [1.807, 2.05) is 6.07 Å². The number of hydrogen-bond acceptors (Lipinski definition) is 5. The second-order valence-electron chi connectivity index (χ2n) is 5.14. The van der Waals surface area contributed by atoms with E-state index in [0.29, 0.717) is 16.9 Å². The Bertz CT molecular complexity index is 653. The van der Waals surface area contributed by atoms with Crippen LogP contribution < -0.4 is 4.74 Å². The molecule has 5 nitrogen and oxygen atoms in total. The maximum atomic E-state index is 11.3. The molecule has 2 unspecified atom stereocenters. The predicted octanol–water partition coefficient (Wildman–Crippen LogP) is 1.95. The van der Waals surface area contributed by atoms with Crippen LogP contribution in [0, 0.1) is 0 Å². The number of methoxy groups -OCH3 is 2. The van der Waals surface area contributed by atoms with Gasteiger partial charge in [-0.25, -0.2) is 0 Å². The summed E-state index contributed by atoms with van der Waals surface area (Å²) < 4.78 is 16.5. The van der Waals surface area contributed by atoms with E-state index in [0.717, 1.165) is 0 Å². The minimum Gasteiger partial charge on any atom is -0.436 e. The quantitative estimate of drug-likeness (QED) is 0.848. The molecule has 0 saturated heterocycles. The standard InChI is InChI=1S/C17H18O5/c1-20-17(21-2)16(19,12-8-4-3-5-9-12)15(18)13-10-6-7-11-14(13)22-17/h3-11,15,18-19H,1-2H3. The molecule has 0 spiro atoms. The Morgan fingerprint density at radius 3 is 2.18 bits per heavy atom. The first-order valence-corrected chi connectivity index (χ1v) is 6.93. The van der Waals surface area contributed by atoms with Crippen molar-refractivity contribution in [2.24, 2.45) is 0 Å². The zero-order valence-electron chi connectivity index (χ0n) is 12.4. The van der Waals surface area contributed by atoms with Gasteiger partial charge in [-0.05, 0) is 11.6 Å². The molecule has 3 rings (SSSR count).